The third kappa shape index (κ3) is 3.59. The van der Waals surface area contributed by atoms with Gasteiger partial charge in [-0.25, -0.2) is 0 Å². The number of quaternary nitrogens is 1. The molecule has 2 aromatic rings. The van der Waals surface area contributed by atoms with Crippen molar-refractivity contribution in [3.05, 3.63) is 108 Å². The number of anilines is 1. The average Bonchev–Trinajstić information content (AvgIpc) is 3.07. The fraction of sp³-hybridized carbons (Fsp3) is 0.310. The molecule has 2 aliphatic rings. The molecule has 2 atom stereocenters. The first kappa shape index (κ1) is 21.4. The lowest BCUT2D eigenvalue weighted by atomic mass is 9.80. The fourth-order valence-corrected chi connectivity index (χ4v) is 5.47. The molecule has 0 fully saturated rings. The summed E-state index contributed by atoms with van der Waals surface area (Å²) < 4.78 is 0. The van der Waals surface area contributed by atoms with Crippen molar-refractivity contribution in [2.45, 2.75) is 44.6 Å². The van der Waals surface area contributed by atoms with Crippen LogP contribution in [0.4, 0.5) is 11.4 Å². The second-order valence-electron chi connectivity index (χ2n) is 9.84. The van der Waals surface area contributed by atoms with E-state index in [-0.39, 0.29) is 10.8 Å². The van der Waals surface area contributed by atoms with Crippen molar-refractivity contribution in [3.63, 3.8) is 0 Å². The Balaban J connectivity index is 1.43. The molecule has 2 aliphatic heterocycles. The highest BCUT2D eigenvalue weighted by Gasteiger charge is 2.45. The predicted octanol–water partition coefficient (Wildman–Crippen LogP) is 5.47. The monoisotopic (exact) mass is 411 g/mol. The molecular weight excluding hydrogens is 376 g/mol. The largest absolute Gasteiger partial charge is 0.347 e. The molecular formula is C29H35N2+. The van der Waals surface area contributed by atoms with Gasteiger partial charge in [0, 0.05) is 29.4 Å². The number of likely N-dealkylation sites (N-methyl/N-ethyl adjacent to an activating group) is 2. The number of para-hydroxylation sites is 2. The highest BCUT2D eigenvalue weighted by Crippen LogP contribution is 2.46. The van der Waals surface area contributed by atoms with Crippen molar-refractivity contribution >= 4 is 11.4 Å². The number of hydrogen-bond acceptors (Lipinski definition) is 1. The Morgan fingerprint density at radius 3 is 2.13 bits per heavy atom. The Hall–Kier alpha value is -2.84. The van der Waals surface area contributed by atoms with Crippen LogP contribution in [0.2, 0.25) is 0 Å². The van der Waals surface area contributed by atoms with Crippen LogP contribution in [-0.4, -0.2) is 20.1 Å². The highest BCUT2D eigenvalue weighted by atomic mass is 15.2. The number of allylic oxidation sites excluding steroid dienone is 7. The van der Waals surface area contributed by atoms with Crippen LogP contribution in [0.15, 0.2) is 96.8 Å². The van der Waals surface area contributed by atoms with Crippen LogP contribution >= 0.6 is 0 Å². The first-order valence-electron chi connectivity index (χ1n) is 11.2. The van der Waals surface area contributed by atoms with Gasteiger partial charge in [-0.05, 0) is 43.7 Å². The number of nitrogens with zero attached hydrogens (tertiary/aromatic N) is 1. The molecule has 160 valence electrons. The number of rotatable bonds is 4. The fourth-order valence-electron chi connectivity index (χ4n) is 5.47. The molecule has 2 heteroatoms. The number of hydrogen-bond donors (Lipinski definition) is 1. The lowest BCUT2D eigenvalue weighted by Gasteiger charge is -2.25. The van der Waals surface area contributed by atoms with Gasteiger partial charge < -0.3 is 4.90 Å². The van der Waals surface area contributed by atoms with Crippen molar-refractivity contribution in [3.8, 4) is 0 Å². The molecule has 2 unspecified atom stereocenters. The van der Waals surface area contributed by atoms with Crippen LogP contribution in [-0.2, 0) is 10.8 Å². The van der Waals surface area contributed by atoms with E-state index in [0.29, 0.717) is 6.04 Å². The lowest BCUT2D eigenvalue weighted by Crippen LogP contribution is -3.07. The third-order valence-electron chi connectivity index (χ3n) is 7.23. The maximum atomic E-state index is 2.35. The summed E-state index contributed by atoms with van der Waals surface area (Å²) >= 11 is 0. The van der Waals surface area contributed by atoms with Crippen LogP contribution in [0.5, 0.6) is 0 Å². The van der Waals surface area contributed by atoms with Crippen LogP contribution in [0.1, 0.15) is 38.8 Å². The van der Waals surface area contributed by atoms with Gasteiger partial charge >= 0.3 is 0 Å². The van der Waals surface area contributed by atoms with E-state index in [1.165, 1.54) is 33.1 Å². The van der Waals surface area contributed by atoms with Crippen LogP contribution in [0, 0.1) is 0 Å². The predicted molar refractivity (Wildman–Crippen MR) is 133 cm³/mol. The number of benzene rings is 2. The third-order valence-corrected chi connectivity index (χ3v) is 7.23. The summed E-state index contributed by atoms with van der Waals surface area (Å²) in [6.07, 6.45) is 15.3. The quantitative estimate of drug-likeness (QED) is 0.655. The summed E-state index contributed by atoms with van der Waals surface area (Å²) in [5.74, 6) is 0. The van der Waals surface area contributed by atoms with Gasteiger partial charge in [-0.1, -0.05) is 80.6 Å². The molecule has 1 N–H and O–H groups in total. The van der Waals surface area contributed by atoms with Gasteiger partial charge in [0.15, 0.2) is 0 Å². The molecule has 2 heterocycles. The summed E-state index contributed by atoms with van der Waals surface area (Å²) in [5.41, 5.74) is 7.06. The average molecular weight is 412 g/mol. The first-order valence-corrected chi connectivity index (χ1v) is 11.2. The summed E-state index contributed by atoms with van der Waals surface area (Å²) in [5, 5.41) is 0. The molecule has 0 spiro atoms. The van der Waals surface area contributed by atoms with E-state index in [9.17, 15) is 0 Å². The Morgan fingerprint density at radius 1 is 0.806 bits per heavy atom. The molecule has 0 aliphatic carbocycles. The number of fused-ring (bicyclic) bond motifs is 2. The summed E-state index contributed by atoms with van der Waals surface area (Å²) in [4.78, 5) is 3.78. The second kappa shape index (κ2) is 8.01. The Morgan fingerprint density at radius 2 is 1.42 bits per heavy atom. The van der Waals surface area contributed by atoms with E-state index in [1.54, 1.807) is 0 Å². The smallest absolute Gasteiger partial charge is 0.135 e. The minimum absolute atomic E-state index is 0.0235. The SMILES string of the molecule is CN1/C(=C/C=C/C=C/C=C/C2[NH+](C)c3ccccc3C2(C)C)C(C)(C)c2ccccc21. The zero-order valence-corrected chi connectivity index (χ0v) is 19.7. The van der Waals surface area contributed by atoms with Crippen LogP contribution in [0.25, 0.3) is 0 Å². The van der Waals surface area contributed by atoms with E-state index in [2.05, 4.69) is 138 Å². The van der Waals surface area contributed by atoms with Gasteiger partial charge in [-0.15, -0.1) is 0 Å². The van der Waals surface area contributed by atoms with Crippen molar-refractivity contribution < 1.29 is 4.90 Å². The zero-order valence-electron chi connectivity index (χ0n) is 19.7. The molecule has 0 bridgehead atoms. The molecule has 0 amide bonds. The molecule has 0 aromatic heterocycles. The second-order valence-corrected chi connectivity index (χ2v) is 9.84. The zero-order chi connectivity index (χ0) is 22.2. The van der Waals surface area contributed by atoms with Crippen molar-refractivity contribution in [1.29, 1.82) is 0 Å². The van der Waals surface area contributed by atoms with Crippen LogP contribution < -0.4 is 9.80 Å². The summed E-state index contributed by atoms with van der Waals surface area (Å²) in [6.45, 7) is 9.30. The molecule has 0 saturated heterocycles. The molecule has 2 nitrogen and oxygen atoms in total. The standard InChI is InChI=1S/C29H34N2/c1-28(2)22-16-12-14-18-24(22)30(5)26(28)20-10-8-7-9-11-21-27-29(3,4)23-17-13-15-19-25(23)31(27)6/h7-21,26H,1-6H3/p+1/b8-7+,11-9+,20-10+,27-21+. The molecule has 31 heavy (non-hydrogen) atoms. The normalized spacial score (nSPS) is 25.2. The minimum Gasteiger partial charge on any atom is -0.347 e. The van der Waals surface area contributed by atoms with E-state index in [0.717, 1.165) is 0 Å². The Kier molecular flexibility index (Phi) is 5.53. The maximum absolute atomic E-state index is 2.35. The van der Waals surface area contributed by atoms with Gasteiger partial charge in [0.2, 0.25) is 0 Å². The van der Waals surface area contributed by atoms with E-state index in [1.807, 2.05) is 0 Å². The maximum Gasteiger partial charge on any atom is 0.135 e. The molecule has 4 rings (SSSR count). The Bertz CT molecular complexity index is 1080. The highest BCUT2D eigenvalue weighted by molar-refractivity contribution is 5.70. The van der Waals surface area contributed by atoms with Gasteiger partial charge in [-0.3, -0.25) is 4.90 Å². The minimum atomic E-state index is 0.0235. The summed E-state index contributed by atoms with van der Waals surface area (Å²) in [6, 6.07) is 18.0. The van der Waals surface area contributed by atoms with E-state index in [4.69, 9.17) is 0 Å². The summed E-state index contributed by atoms with van der Waals surface area (Å²) in [7, 11) is 4.43. The molecule has 0 radical (unpaired) electrons. The molecule has 0 saturated carbocycles. The molecule has 2 aromatic carbocycles. The van der Waals surface area contributed by atoms with E-state index < -0.39 is 0 Å². The van der Waals surface area contributed by atoms with Crippen molar-refractivity contribution in [1.82, 2.24) is 0 Å². The Labute approximate surface area is 187 Å². The van der Waals surface area contributed by atoms with Crippen molar-refractivity contribution in [2.24, 2.45) is 0 Å². The van der Waals surface area contributed by atoms with Gasteiger partial charge in [0.1, 0.15) is 11.7 Å². The van der Waals surface area contributed by atoms with Gasteiger partial charge in [0.25, 0.3) is 0 Å². The van der Waals surface area contributed by atoms with E-state index >= 15 is 0 Å². The number of nitrogens with one attached hydrogen (secondary N) is 1. The lowest BCUT2D eigenvalue weighted by molar-refractivity contribution is -0.828. The topological polar surface area (TPSA) is 7.68 Å². The van der Waals surface area contributed by atoms with Gasteiger partial charge in [0.05, 0.1) is 12.5 Å². The first-order chi connectivity index (χ1) is 14.8. The van der Waals surface area contributed by atoms with Gasteiger partial charge in [-0.2, -0.15) is 0 Å². The van der Waals surface area contributed by atoms with Crippen molar-refractivity contribution in [2.75, 3.05) is 19.0 Å². The van der Waals surface area contributed by atoms with Crippen LogP contribution in [0.3, 0.4) is 0 Å².